The van der Waals surface area contributed by atoms with Gasteiger partial charge < -0.3 is 40.2 Å². The number of aromatic nitrogens is 1. The number of nitrogens with zero attached hydrogens (tertiary/aromatic N) is 2. The molecule has 10 nitrogen and oxygen atoms in total. The minimum Gasteiger partial charge on any atom is -0.492 e. The van der Waals surface area contributed by atoms with Gasteiger partial charge in [0.2, 0.25) is 0 Å². The molecule has 0 unspecified atom stereocenters. The first-order valence-corrected chi connectivity index (χ1v) is 17.2. The third-order valence-corrected chi connectivity index (χ3v) is 8.87. The van der Waals surface area contributed by atoms with Gasteiger partial charge in [-0.3, -0.25) is 4.98 Å². The number of ether oxygens (including phenoxy) is 3. The van der Waals surface area contributed by atoms with Crippen LogP contribution in [0.4, 0.5) is 0 Å². The van der Waals surface area contributed by atoms with Gasteiger partial charge in [0.15, 0.2) is 0 Å². The molecule has 1 heterocycles. The van der Waals surface area contributed by atoms with Crippen LogP contribution in [0, 0.1) is 18.3 Å². The van der Waals surface area contributed by atoms with Crippen LogP contribution >= 0.6 is 23.2 Å². The summed E-state index contributed by atoms with van der Waals surface area (Å²) >= 11 is 13.6. The predicted octanol–water partition coefficient (Wildman–Crippen LogP) is 5.97. The van der Waals surface area contributed by atoms with Gasteiger partial charge in [0, 0.05) is 48.3 Å². The molecule has 0 aliphatic carbocycles. The Balaban J connectivity index is 1.51. The molecule has 0 fully saturated rings. The lowest BCUT2D eigenvalue weighted by molar-refractivity contribution is 0.103. The second-order valence-electron chi connectivity index (χ2n) is 12.1. The number of aliphatic hydroxyl groups is 3. The van der Waals surface area contributed by atoms with Crippen LogP contribution in [0.5, 0.6) is 17.2 Å². The van der Waals surface area contributed by atoms with Crippen molar-refractivity contribution in [3.63, 3.8) is 0 Å². The minimum absolute atomic E-state index is 0.139. The summed E-state index contributed by atoms with van der Waals surface area (Å²) in [6, 6.07) is 18.9. The maximum absolute atomic E-state index is 9.77. The lowest BCUT2D eigenvalue weighted by Gasteiger charge is -2.27. The number of halogens is 2. The normalized spacial score (nSPS) is 11.3. The van der Waals surface area contributed by atoms with Crippen molar-refractivity contribution >= 4 is 23.2 Å². The maximum atomic E-state index is 9.77. The molecule has 266 valence electrons. The first kappa shape index (κ1) is 38.9. The molecule has 5 N–H and O–H groups in total. The number of benzene rings is 3. The molecule has 0 saturated heterocycles. The Labute approximate surface area is 303 Å². The third-order valence-electron chi connectivity index (χ3n) is 8.19. The van der Waals surface area contributed by atoms with Crippen molar-refractivity contribution in [1.82, 2.24) is 15.6 Å². The Bertz CT molecular complexity index is 1750. The molecule has 1 aromatic heterocycles. The SMILES string of the molecule is Cc1c(COc2cc(OCc3cncc(C#N)c3)c(CNC(C)(CO)CO)cc2Cl)cccc1-c1cccc(OCCCNCCCO)c1Cl. The highest BCUT2D eigenvalue weighted by atomic mass is 35.5. The topological polar surface area (TPSA) is 149 Å². The number of pyridine rings is 1. The number of nitriles is 1. The van der Waals surface area contributed by atoms with E-state index >= 15 is 0 Å². The highest BCUT2D eigenvalue weighted by Crippen LogP contribution is 2.38. The van der Waals surface area contributed by atoms with Crippen molar-refractivity contribution in [2.45, 2.75) is 52.0 Å². The third kappa shape index (κ3) is 10.8. The van der Waals surface area contributed by atoms with E-state index < -0.39 is 5.54 Å². The van der Waals surface area contributed by atoms with Crippen LogP contribution in [-0.2, 0) is 19.8 Å². The van der Waals surface area contributed by atoms with Crippen molar-refractivity contribution in [3.05, 3.63) is 105 Å². The number of nitrogens with one attached hydrogen (secondary N) is 2. The lowest BCUT2D eigenvalue weighted by atomic mass is 9.96. The number of hydrogen-bond acceptors (Lipinski definition) is 10. The van der Waals surface area contributed by atoms with Gasteiger partial charge in [-0.2, -0.15) is 5.26 Å². The number of hydrogen-bond donors (Lipinski definition) is 5. The average Bonchev–Trinajstić information content (AvgIpc) is 3.13. The van der Waals surface area contributed by atoms with Crippen molar-refractivity contribution in [2.24, 2.45) is 0 Å². The molecule has 4 rings (SSSR count). The largest absolute Gasteiger partial charge is 0.492 e. The van der Waals surface area contributed by atoms with Crippen LogP contribution < -0.4 is 24.8 Å². The monoisotopic (exact) mass is 722 g/mol. The zero-order valence-electron chi connectivity index (χ0n) is 28.3. The summed E-state index contributed by atoms with van der Waals surface area (Å²) in [5, 5.41) is 45.1. The fourth-order valence-electron chi connectivity index (χ4n) is 5.04. The molecule has 0 atom stereocenters. The first-order chi connectivity index (χ1) is 24.2. The van der Waals surface area contributed by atoms with E-state index in [0.717, 1.165) is 48.2 Å². The van der Waals surface area contributed by atoms with E-state index in [2.05, 4.69) is 21.7 Å². The predicted molar refractivity (Wildman–Crippen MR) is 195 cm³/mol. The Morgan fingerprint density at radius 2 is 1.58 bits per heavy atom. The molecule has 0 aliphatic heterocycles. The van der Waals surface area contributed by atoms with Crippen LogP contribution in [-0.4, -0.2) is 65.4 Å². The molecule has 0 saturated carbocycles. The molecule has 12 heteroatoms. The molecule has 0 aliphatic rings. The Morgan fingerprint density at radius 3 is 2.34 bits per heavy atom. The molecule has 4 aromatic rings. The van der Waals surface area contributed by atoms with Crippen LogP contribution in [0.3, 0.4) is 0 Å². The minimum atomic E-state index is -0.917. The Kier molecular flexibility index (Phi) is 15.1. The molecular formula is C38H44Cl2N4O6. The van der Waals surface area contributed by atoms with Crippen LogP contribution in [0.25, 0.3) is 11.1 Å². The summed E-state index contributed by atoms with van der Waals surface area (Å²) in [6.45, 7) is 6.02. The smallest absolute Gasteiger partial charge is 0.142 e. The summed E-state index contributed by atoms with van der Waals surface area (Å²) in [6.07, 6.45) is 4.64. The van der Waals surface area contributed by atoms with Gasteiger partial charge >= 0.3 is 0 Å². The summed E-state index contributed by atoms with van der Waals surface area (Å²) in [7, 11) is 0. The van der Waals surface area contributed by atoms with Crippen molar-refractivity contribution in [3.8, 4) is 34.4 Å². The summed E-state index contributed by atoms with van der Waals surface area (Å²) in [5.41, 5.74) is 4.63. The highest BCUT2D eigenvalue weighted by Gasteiger charge is 2.23. The van der Waals surface area contributed by atoms with Gasteiger partial charge in [-0.15, -0.1) is 0 Å². The van der Waals surface area contributed by atoms with Crippen molar-refractivity contribution in [2.75, 3.05) is 39.5 Å². The molecule has 0 spiro atoms. The van der Waals surface area contributed by atoms with Gasteiger partial charge in [-0.1, -0.05) is 53.5 Å². The summed E-state index contributed by atoms with van der Waals surface area (Å²) in [5.74, 6) is 1.50. The fourth-order valence-corrected chi connectivity index (χ4v) is 5.57. The van der Waals surface area contributed by atoms with E-state index in [4.69, 9.17) is 42.5 Å². The number of rotatable bonds is 20. The molecule has 50 heavy (non-hydrogen) atoms. The molecule has 0 bridgehead atoms. The van der Waals surface area contributed by atoms with Crippen molar-refractivity contribution in [1.29, 1.82) is 5.26 Å². The zero-order chi connectivity index (χ0) is 35.9. The molecule has 0 radical (unpaired) electrons. The second-order valence-corrected chi connectivity index (χ2v) is 12.9. The van der Waals surface area contributed by atoms with E-state index in [1.165, 1.54) is 6.20 Å². The maximum Gasteiger partial charge on any atom is 0.142 e. The zero-order valence-corrected chi connectivity index (χ0v) is 29.9. The quantitative estimate of drug-likeness (QED) is 0.0691. The molecular weight excluding hydrogens is 679 g/mol. The van der Waals surface area contributed by atoms with Gasteiger partial charge in [0.25, 0.3) is 0 Å². The van der Waals surface area contributed by atoms with Crippen molar-refractivity contribution < 1.29 is 29.5 Å². The van der Waals surface area contributed by atoms with Crippen LogP contribution in [0.1, 0.15) is 47.6 Å². The van der Waals surface area contributed by atoms with Crippen LogP contribution in [0.2, 0.25) is 10.0 Å². The fraction of sp³-hybridized carbons (Fsp3) is 0.368. The summed E-state index contributed by atoms with van der Waals surface area (Å²) in [4.78, 5) is 4.11. The van der Waals surface area contributed by atoms with E-state index in [1.54, 1.807) is 31.3 Å². The second kappa shape index (κ2) is 19.5. The molecule has 0 amide bonds. The first-order valence-electron chi connectivity index (χ1n) is 16.4. The van der Waals surface area contributed by atoms with Gasteiger partial charge in [0.1, 0.15) is 36.5 Å². The standard InChI is InChI=1S/C38H44Cl2N4O6/c1-26-29(7-3-8-31(26)32-9-4-10-34(37(32)40)48-14-6-12-42-11-5-13-45)23-50-36-17-35(49-22-28-15-27(18-41)19-43-20-28)30(16-33(36)39)21-44-38(2,24-46)25-47/h3-4,7-10,15-17,19-20,42,44-47H,5-6,11-14,21-25H2,1-2H3. The lowest BCUT2D eigenvalue weighted by Crippen LogP contribution is -2.48. The van der Waals surface area contributed by atoms with Gasteiger partial charge in [-0.05, 0) is 74.7 Å². The van der Waals surface area contributed by atoms with E-state index in [1.807, 2.05) is 43.3 Å². The van der Waals surface area contributed by atoms with E-state index in [0.29, 0.717) is 50.6 Å². The van der Waals surface area contributed by atoms with Crippen LogP contribution in [0.15, 0.2) is 67.0 Å². The van der Waals surface area contributed by atoms with Gasteiger partial charge in [0.05, 0.1) is 41.0 Å². The number of aliphatic hydroxyl groups excluding tert-OH is 3. The average molecular weight is 724 g/mol. The Morgan fingerprint density at radius 1 is 0.840 bits per heavy atom. The van der Waals surface area contributed by atoms with E-state index in [-0.39, 0.29) is 39.6 Å². The molecule has 3 aromatic carbocycles. The summed E-state index contributed by atoms with van der Waals surface area (Å²) < 4.78 is 18.5. The Hall–Kier alpha value is -3.92. The van der Waals surface area contributed by atoms with Gasteiger partial charge in [-0.25, -0.2) is 0 Å². The highest BCUT2D eigenvalue weighted by molar-refractivity contribution is 6.35. The van der Waals surface area contributed by atoms with E-state index in [9.17, 15) is 15.5 Å².